The Labute approximate surface area is 77.3 Å². The Morgan fingerprint density at radius 2 is 2.46 bits per heavy atom. The Kier molecular flexibility index (Phi) is 3.25. The summed E-state index contributed by atoms with van der Waals surface area (Å²) in [6, 6.07) is -0.330. The molecule has 1 fully saturated rings. The lowest BCUT2D eigenvalue weighted by Gasteiger charge is -2.19. The lowest BCUT2D eigenvalue weighted by Crippen LogP contribution is -2.44. The van der Waals surface area contributed by atoms with Gasteiger partial charge in [0.15, 0.2) is 0 Å². The molecule has 1 heterocycles. The van der Waals surface area contributed by atoms with Crippen molar-refractivity contribution in [2.45, 2.75) is 18.9 Å². The molecule has 1 rings (SSSR count). The van der Waals surface area contributed by atoms with Crippen LogP contribution < -0.4 is 11.1 Å². The van der Waals surface area contributed by atoms with Crippen LogP contribution in [0.2, 0.25) is 0 Å². The van der Waals surface area contributed by atoms with E-state index in [0.29, 0.717) is 25.9 Å². The van der Waals surface area contributed by atoms with Gasteiger partial charge in [0.1, 0.15) is 6.04 Å². The summed E-state index contributed by atoms with van der Waals surface area (Å²) in [6.45, 7) is 0.980. The van der Waals surface area contributed by atoms with Gasteiger partial charge in [0, 0.05) is 26.6 Å². The molecule has 0 radical (unpaired) electrons. The number of carbonyl (C=O) groups excluding carboxylic acids is 2. The molecule has 0 saturated carbocycles. The maximum absolute atomic E-state index is 11.5. The topological polar surface area (TPSA) is 75.4 Å². The highest BCUT2D eigenvalue weighted by atomic mass is 16.2. The minimum atomic E-state index is -0.330. The number of nitrogens with two attached hydrogens (primary N) is 1. The van der Waals surface area contributed by atoms with Crippen molar-refractivity contribution in [3.63, 3.8) is 0 Å². The monoisotopic (exact) mass is 185 g/mol. The Balaban J connectivity index is 2.43. The van der Waals surface area contributed by atoms with Gasteiger partial charge < -0.3 is 16.0 Å². The molecule has 0 aromatic heterocycles. The molecule has 74 valence electrons. The molecule has 2 amide bonds. The molecule has 0 bridgehead atoms. The van der Waals surface area contributed by atoms with E-state index in [1.807, 2.05) is 0 Å². The highest BCUT2D eigenvalue weighted by Crippen LogP contribution is 2.08. The molecule has 0 aromatic rings. The first-order chi connectivity index (χ1) is 6.15. The molecule has 0 spiro atoms. The highest BCUT2D eigenvalue weighted by Gasteiger charge is 2.28. The first-order valence-corrected chi connectivity index (χ1v) is 4.39. The maximum Gasteiger partial charge on any atom is 0.244 e. The minimum Gasteiger partial charge on any atom is -0.344 e. The second kappa shape index (κ2) is 4.23. The fourth-order valence-electron chi connectivity index (χ4n) is 1.37. The normalized spacial score (nSPS) is 21.4. The van der Waals surface area contributed by atoms with E-state index in [1.54, 1.807) is 11.9 Å². The summed E-state index contributed by atoms with van der Waals surface area (Å²) in [4.78, 5) is 23.9. The van der Waals surface area contributed by atoms with Crippen molar-refractivity contribution in [2.75, 3.05) is 20.1 Å². The standard InChI is InChI=1S/C8H15N3O2/c1-11(5-4-9)8(13)6-2-3-7(12)10-6/h6H,2-5,9H2,1H3,(H,10,12)/t6-/m1/s1. The van der Waals surface area contributed by atoms with Crippen LogP contribution >= 0.6 is 0 Å². The number of rotatable bonds is 3. The van der Waals surface area contributed by atoms with Gasteiger partial charge in [-0.25, -0.2) is 0 Å². The van der Waals surface area contributed by atoms with Crippen LogP contribution in [0.4, 0.5) is 0 Å². The zero-order valence-electron chi connectivity index (χ0n) is 7.75. The predicted molar refractivity (Wildman–Crippen MR) is 47.9 cm³/mol. The van der Waals surface area contributed by atoms with E-state index in [-0.39, 0.29) is 17.9 Å². The predicted octanol–water partition coefficient (Wildman–Crippen LogP) is -1.32. The molecule has 1 saturated heterocycles. The number of hydrogen-bond donors (Lipinski definition) is 2. The fraction of sp³-hybridized carbons (Fsp3) is 0.750. The van der Waals surface area contributed by atoms with Gasteiger partial charge in [-0.1, -0.05) is 0 Å². The van der Waals surface area contributed by atoms with Gasteiger partial charge in [0.05, 0.1) is 0 Å². The van der Waals surface area contributed by atoms with E-state index in [2.05, 4.69) is 5.32 Å². The third-order valence-electron chi connectivity index (χ3n) is 2.13. The fourth-order valence-corrected chi connectivity index (χ4v) is 1.37. The molecule has 1 aliphatic heterocycles. The summed E-state index contributed by atoms with van der Waals surface area (Å²) < 4.78 is 0. The lowest BCUT2D eigenvalue weighted by atomic mass is 10.2. The van der Waals surface area contributed by atoms with Gasteiger partial charge in [0.2, 0.25) is 11.8 Å². The smallest absolute Gasteiger partial charge is 0.244 e. The Morgan fingerprint density at radius 1 is 1.77 bits per heavy atom. The maximum atomic E-state index is 11.5. The van der Waals surface area contributed by atoms with Crippen LogP contribution in [0, 0.1) is 0 Å². The third kappa shape index (κ3) is 2.42. The average molecular weight is 185 g/mol. The minimum absolute atomic E-state index is 0.0421. The largest absolute Gasteiger partial charge is 0.344 e. The van der Waals surface area contributed by atoms with Gasteiger partial charge in [-0.05, 0) is 6.42 Å². The number of amides is 2. The van der Waals surface area contributed by atoms with Gasteiger partial charge >= 0.3 is 0 Å². The van der Waals surface area contributed by atoms with Gasteiger partial charge in [-0.3, -0.25) is 9.59 Å². The van der Waals surface area contributed by atoms with Gasteiger partial charge in [-0.15, -0.1) is 0 Å². The third-order valence-corrected chi connectivity index (χ3v) is 2.13. The molecule has 5 nitrogen and oxygen atoms in total. The lowest BCUT2D eigenvalue weighted by molar-refractivity contribution is -0.133. The van der Waals surface area contributed by atoms with Crippen LogP contribution in [0.25, 0.3) is 0 Å². The van der Waals surface area contributed by atoms with Crippen LogP contribution in [0.15, 0.2) is 0 Å². The summed E-state index contributed by atoms with van der Waals surface area (Å²) >= 11 is 0. The van der Waals surface area contributed by atoms with Crippen molar-refractivity contribution in [3.8, 4) is 0 Å². The number of hydrogen-bond acceptors (Lipinski definition) is 3. The van der Waals surface area contributed by atoms with Gasteiger partial charge in [-0.2, -0.15) is 0 Å². The summed E-state index contributed by atoms with van der Waals surface area (Å²) in [5, 5.41) is 2.62. The SMILES string of the molecule is CN(CCN)C(=O)[C@H]1CCC(=O)N1. The molecule has 0 aromatic carbocycles. The molecule has 1 aliphatic rings. The first-order valence-electron chi connectivity index (χ1n) is 4.39. The first kappa shape index (κ1) is 9.98. The quantitative estimate of drug-likeness (QED) is 0.572. The molecule has 0 aliphatic carbocycles. The number of nitrogens with one attached hydrogen (secondary N) is 1. The molecule has 5 heteroatoms. The Hall–Kier alpha value is -1.10. The van der Waals surface area contributed by atoms with E-state index in [0.717, 1.165) is 0 Å². The summed E-state index contributed by atoms with van der Waals surface area (Å²) in [7, 11) is 1.69. The molecular weight excluding hydrogens is 170 g/mol. The average Bonchev–Trinajstić information content (AvgIpc) is 2.51. The summed E-state index contributed by atoms with van der Waals surface area (Å²) in [6.07, 6.45) is 1.06. The molecular formula is C8H15N3O2. The second-order valence-corrected chi connectivity index (χ2v) is 3.21. The Bertz CT molecular complexity index is 217. The van der Waals surface area contributed by atoms with E-state index < -0.39 is 0 Å². The van der Waals surface area contributed by atoms with Gasteiger partial charge in [0.25, 0.3) is 0 Å². The van der Waals surface area contributed by atoms with Crippen LogP contribution in [0.1, 0.15) is 12.8 Å². The van der Waals surface area contributed by atoms with E-state index in [4.69, 9.17) is 5.73 Å². The van der Waals surface area contributed by atoms with Crippen LogP contribution in [0.5, 0.6) is 0 Å². The van der Waals surface area contributed by atoms with Crippen molar-refractivity contribution in [3.05, 3.63) is 0 Å². The van der Waals surface area contributed by atoms with Crippen molar-refractivity contribution >= 4 is 11.8 Å². The molecule has 0 unspecified atom stereocenters. The molecule has 1 atom stereocenters. The molecule has 3 N–H and O–H groups in total. The summed E-state index contributed by atoms with van der Waals surface area (Å²) in [5.41, 5.74) is 5.31. The van der Waals surface area contributed by atoms with Crippen molar-refractivity contribution in [1.29, 1.82) is 0 Å². The zero-order valence-corrected chi connectivity index (χ0v) is 7.75. The number of likely N-dealkylation sites (N-methyl/N-ethyl adjacent to an activating group) is 1. The van der Waals surface area contributed by atoms with Crippen molar-refractivity contribution in [1.82, 2.24) is 10.2 Å². The van der Waals surface area contributed by atoms with Crippen LogP contribution in [0.3, 0.4) is 0 Å². The zero-order chi connectivity index (χ0) is 9.84. The number of nitrogens with zero attached hydrogens (tertiary/aromatic N) is 1. The van der Waals surface area contributed by atoms with Crippen molar-refractivity contribution in [2.24, 2.45) is 5.73 Å². The highest BCUT2D eigenvalue weighted by molar-refractivity contribution is 5.90. The number of carbonyl (C=O) groups is 2. The summed E-state index contributed by atoms with van der Waals surface area (Å²) in [5.74, 6) is -0.0872. The van der Waals surface area contributed by atoms with Crippen LogP contribution in [-0.2, 0) is 9.59 Å². The Morgan fingerprint density at radius 3 is 2.92 bits per heavy atom. The van der Waals surface area contributed by atoms with Crippen molar-refractivity contribution < 1.29 is 9.59 Å². The second-order valence-electron chi connectivity index (χ2n) is 3.21. The molecule has 13 heavy (non-hydrogen) atoms. The van der Waals surface area contributed by atoms with E-state index >= 15 is 0 Å². The van der Waals surface area contributed by atoms with E-state index in [9.17, 15) is 9.59 Å². The van der Waals surface area contributed by atoms with E-state index in [1.165, 1.54) is 0 Å². The van der Waals surface area contributed by atoms with Crippen LogP contribution in [-0.4, -0.2) is 42.9 Å².